The summed E-state index contributed by atoms with van der Waals surface area (Å²) in [6.07, 6.45) is -0.144. The number of thioether (sulfide) groups is 1. The third-order valence-electron chi connectivity index (χ3n) is 6.25. The Hall–Kier alpha value is -3.04. The molecule has 1 heterocycles. The van der Waals surface area contributed by atoms with Gasteiger partial charge in [-0.05, 0) is 28.7 Å². The van der Waals surface area contributed by atoms with E-state index < -0.39 is 30.1 Å². The van der Waals surface area contributed by atoms with E-state index in [0.717, 1.165) is 22.3 Å². The van der Waals surface area contributed by atoms with Crippen LogP contribution in [0.4, 0.5) is 4.79 Å². The van der Waals surface area contributed by atoms with Crippen LogP contribution in [0.5, 0.6) is 0 Å². The fourth-order valence-corrected chi connectivity index (χ4v) is 6.02. The zero-order valence-corrected chi connectivity index (χ0v) is 19.9. The van der Waals surface area contributed by atoms with Crippen LogP contribution in [-0.2, 0) is 19.1 Å². The van der Waals surface area contributed by atoms with Gasteiger partial charge >= 0.3 is 12.1 Å². The van der Waals surface area contributed by atoms with Gasteiger partial charge in [0.05, 0.1) is 12.0 Å². The van der Waals surface area contributed by atoms with E-state index in [1.54, 1.807) is 0 Å². The quantitative estimate of drug-likeness (QED) is 0.592. The number of aliphatic carboxylic acids is 1. The molecule has 1 fully saturated rings. The molecule has 0 aromatic heterocycles. The Morgan fingerprint density at radius 3 is 2.29 bits per heavy atom. The van der Waals surface area contributed by atoms with Gasteiger partial charge in [0.2, 0.25) is 5.91 Å². The van der Waals surface area contributed by atoms with Gasteiger partial charge in [-0.2, -0.15) is 0 Å². The number of rotatable bonds is 8. The Morgan fingerprint density at radius 1 is 1.12 bits per heavy atom. The van der Waals surface area contributed by atoms with Gasteiger partial charge < -0.3 is 24.8 Å². The number of ether oxygens (including phenoxy) is 2. The molecule has 2 amide bonds. The van der Waals surface area contributed by atoms with Gasteiger partial charge in [-0.1, -0.05) is 55.5 Å². The van der Waals surface area contributed by atoms with Crippen molar-refractivity contribution in [2.75, 3.05) is 26.1 Å². The van der Waals surface area contributed by atoms with E-state index in [4.69, 9.17) is 9.47 Å². The highest BCUT2D eigenvalue weighted by Gasteiger charge is 2.43. The van der Waals surface area contributed by atoms with Crippen molar-refractivity contribution >= 4 is 29.7 Å². The lowest BCUT2D eigenvalue weighted by Gasteiger charge is -2.30. The number of carboxylic acids is 1. The molecule has 2 unspecified atom stereocenters. The molecule has 0 spiro atoms. The molecule has 2 aliphatic rings. The molecular formula is C25H28N2O6S. The smallest absolute Gasteiger partial charge is 0.407 e. The highest BCUT2D eigenvalue weighted by atomic mass is 32.2. The molecule has 4 rings (SSSR count). The fraction of sp³-hybridized carbons (Fsp3) is 0.400. The van der Waals surface area contributed by atoms with Crippen LogP contribution in [0.2, 0.25) is 0 Å². The van der Waals surface area contributed by atoms with E-state index in [9.17, 15) is 19.5 Å². The third kappa shape index (κ3) is 4.63. The van der Waals surface area contributed by atoms with Gasteiger partial charge in [0.15, 0.2) is 0 Å². The van der Waals surface area contributed by atoms with E-state index in [1.165, 1.54) is 23.8 Å². The van der Waals surface area contributed by atoms with Crippen LogP contribution in [0.15, 0.2) is 48.5 Å². The fourth-order valence-electron chi connectivity index (χ4n) is 4.67. The monoisotopic (exact) mass is 484 g/mol. The number of hydrogen-bond donors (Lipinski definition) is 2. The lowest BCUT2D eigenvalue weighted by molar-refractivity contribution is -0.150. The maximum Gasteiger partial charge on any atom is 0.407 e. The van der Waals surface area contributed by atoms with E-state index in [1.807, 2.05) is 43.3 Å². The lowest BCUT2D eigenvalue weighted by Crippen LogP contribution is -2.56. The third-order valence-corrected chi connectivity index (χ3v) is 7.70. The SMILES string of the molecule is CCC1SCC(C(=O)O)N1C(=O)[C@H](COC)NC(=O)OCC1c2ccccc2-c2ccccc21. The van der Waals surface area contributed by atoms with Crippen molar-refractivity contribution in [1.82, 2.24) is 10.2 Å². The number of fused-ring (bicyclic) bond motifs is 3. The molecule has 180 valence electrons. The second-order valence-electron chi connectivity index (χ2n) is 8.27. The molecule has 34 heavy (non-hydrogen) atoms. The lowest BCUT2D eigenvalue weighted by atomic mass is 9.98. The molecule has 0 bridgehead atoms. The Balaban J connectivity index is 1.45. The number of benzene rings is 2. The Morgan fingerprint density at radius 2 is 1.74 bits per heavy atom. The highest BCUT2D eigenvalue weighted by Crippen LogP contribution is 2.44. The zero-order chi connectivity index (χ0) is 24.2. The zero-order valence-electron chi connectivity index (χ0n) is 19.1. The summed E-state index contributed by atoms with van der Waals surface area (Å²) < 4.78 is 10.7. The number of carboxylic acid groups (broad SMARTS) is 1. The minimum Gasteiger partial charge on any atom is -0.480 e. The Bertz CT molecular complexity index is 1030. The average molecular weight is 485 g/mol. The van der Waals surface area contributed by atoms with Crippen LogP contribution >= 0.6 is 11.8 Å². The van der Waals surface area contributed by atoms with Gasteiger partial charge in [-0.25, -0.2) is 9.59 Å². The van der Waals surface area contributed by atoms with E-state index >= 15 is 0 Å². The second-order valence-corrected chi connectivity index (χ2v) is 9.48. The molecule has 1 aliphatic carbocycles. The van der Waals surface area contributed by atoms with Crippen molar-refractivity contribution in [3.8, 4) is 11.1 Å². The van der Waals surface area contributed by atoms with Crippen LogP contribution < -0.4 is 5.32 Å². The first-order valence-corrected chi connectivity index (χ1v) is 12.3. The predicted molar refractivity (Wildman–Crippen MR) is 129 cm³/mol. The van der Waals surface area contributed by atoms with Crippen LogP contribution in [0.3, 0.4) is 0 Å². The molecule has 0 saturated carbocycles. The van der Waals surface area contributed by atoms with Crippen molar-refractivity contribution < 1.29 is 29.0 Å². The topological polar surface area (TPSA) is 105 Å². The number of nitrogens with zero attached hydrogens (tertiary/aromatic N) is 1. The van der Waals surface area contributed by atoms with E-state index in [0.29, 0.717) is 12.2 Å². The maximum atomic E-state index is 13.2. The molecule has 3 atom stereocenters. The number of methoxy groups -OCH3 is 1. The van der Waals surface area contributed by atoms with Crippen LogP contribution in [0.25, 0.3) is 11.1 Å². The molecule has 2 N–H and O–H groups in total. The van der Waals surface area contributed by atoms with Crippen molar-refractivity contribution in [1.29, 1.82) is 0 Å². The molecule has 8 nitrogen and oxygen atoms in total. The number of nitrogens with one attached hydrogen (secondary N) is 1. The van der Waals surface area contributed by atoms with Crippen molar-refractivity contribution in [3.63, 3.8) is 0 Å². The number of amides is 2. The summed E-state index contributed by atoms with van der Waals surface area (Å²) in [5.41, 5.74) is 4.42. The molecular weight excluding hydrogens is 456 g/mol. The maximum absolute atomic E-state index is 13.2. The van der Waals surface area contributed by atoms with Gasteiger partial charge in [0.25, 0.3) is 0 Å². The number of carbonyl (C=O) groups excluding carboxylic acids is 2. The summed E-state index contributed by atoms with van der Waals surface area (Å²) in [7, 11) is 1.42. The van der Waals surface area contributed by atoms with Gasteiger partial charge in [-0.3, -0.25) is 4.79 Å². The first-order valence-electron chi connectivity index (χ1n) is 11.2. The van der Waals surface area contributed by atoms with Gasteiger partial charge in [0, 0.05) is 18.8 Å². The summed E-state index contributed by atoms with van der Waals surface area (Å²) in [5.74, 6) is -1.34. The summed E-state index contributed by atoms with van der Waals surface area (Å²) in [6.45, 7) is 1.92. The van der Waals surface area contributed by atoms with Crippen LogP contribution in [0, 0.1) is 0 Å². The number of hydrogen-bond acceptors (Lipinski definition) is 6. The Labute approximate surface area is 202 Å². The minimum absolute atomic E-state index is 0.0903. The largest absolute Gasteiger partial charge is 0.480 e. The summed E-state index contributed by atoms with van der Waals surface area (Å²) in [5, 5.41) is 11.9. The van der Waals surface area contributed by atoms with Crippen molar-refractivity contribution in [3.05, 3.63) is 59.7 Å². The standard InChI is InChI=1S/C25H28N2O6S/c1-3-22-27(21(14-34-22)24(29)30)23(28)20(13-32-2)26-25(31)33-12-19-17-10-6-4-8-15(17)16-9-5-7-11-18(16)19/h4-11,19-22H,3,12-14H2,1-2H3,(H,26,31)(H,29,30)/t20-,21?,22?/m0/s1. The highest BCUT2D eigenvalue weighted by molar-refractivity contribution is 8.00. The van der Waals surface area contributed by atoms with Gasteiger partial charge in [0.1, 0.15) is 18.7 Å². The van der Waals surface area contributed by atoms with E-state index in [2.05, 4.69) is 17.4 Å². The summed E-state index contributed by atoms with van der Waals surface area (Å²) >= 11 is 1.42. The van der Waals surface area contributed by atoms with Crippen molar-refractivity contribution in [2.45, 2.75) is 36.7 Å². The van der Waals surface area contributed by atoms with E-state index in [-0.39, 0.29) is 24.5 Å². The average Bonchev–Trinajstić information content (AvgIpc) is 3.41. The molecule has 2 aromatic carbocycles. The van der Waals surface area contributed by atoms with Crippen LogP contribution in [0.1, 0.15) is 30.4 Å². The normalized spacial score (nSPS) is 19.9. The Kier molecular flexibility index (Phi) is 7.43. The molecule has 1 saturated heterocycles. The van der Waals surface area contributed by atoms with Crippen molar-refractivity contribution in [2.24, 2.45) is 0 Å². The first-order chi connectivity index (χ1) is 16.5. The molecule has 9 heteroatoms. The summed E-state index contributed by atoms with van der Waals surface area (Å²) in [6, 6.07) is 14.1. The van der Waals surface area contributed by atoms with Gasteiger partial charge in [-0.15, -0.1) is 11.8 Å². The number of alkyl carbamates (subject to hydrolysis) is 1. The predicted octanol–water partition coefficient (Wildman–Crippen LogP) is 3.30. The van der Waals surface area contributed by atoms with Crippen LogP contribution in [-0.4, -0.2) is 71.5 Å². The second kappa shape index (κ2) is 10.5. The molecule has 0 radical (unpaired) electrons. The summed E-state index contributed by atoms with van der Waals surface area (Å²) in [4.78, 5) is 39.0. The molecule has 2 aromatic rings. The first kappa shape index (κ1) is 24.1. The number of carbonyl (C=O) groups is 3. The minimum atomic E-state index is -1.06. The molecule has 1 aliphatic heterocycles.